The van der Waals surface area contributed by atoms with Crippen molar-refractivity contribution in [2.45, 2.75) is 24.9 Å². The molecule has 2 aliphatic rings. The molecule has 1 aromatic carbocycles. The highest BCUT2D eigenvalue weighted by atomic mass is 32.1. The van der Waals surface area contributed by atoms with Crippen LogP contribution in [0.15, 0.2) is 35.7 Å². The predicted molar refractivity (Wildman–Crippen MR) is 103 cm³/mol. The third-order valence-corrected chi connectivity index (χ3v) is 6.30. The maximum Gasteiger partial charge on any atom is 0.261 e. The van der Waals surface area contributed by atoms with Crippen molar-refractivity contribution < 1.29 is 19.1 Å². The van der Waals surface area contributed by atoms with Gasteiger partial charge < -0.3 is 19.7 Å². The Morgan fingerprint density at radius 1 is 1.15 bits per heavy atom. The van der Waals surface area contributed by atoms with E-state index in [1.165, 1.54) is 11.3 Å². The van der Waals surface area contributed by atoms with Gasteiger partial charge in [-0.25, -0.2) is 0 Å². The van der Waals surface area contributed by atoms with E-state index in [4.69, 9.17) is 9.47 Å². The molecule has 1 saturated carbocycles. The van der Waals surface area contributed by atoms with Gasteiger partial charge in [0, 0.05) is 18.2 Å². The number of rotatable bonds is 5. The second kappa shape index (κ2) is 7.23. The van der Waals surface area contributed by atoms with Crippen molar-refractivity contribution in [3.63, 3.8) is 0 Å². The van der Waals surface area contributed by atoms with Gasteiger partial charge in [0.2, 0.25) is 0 Å². The first-order valence-electron chi connectivity index (χ1n) is 8.98. The average molecular weight is 386 g/mol. The van der Waals surface area contributed by atoms with Gasteiger partial charge in [0.1, 0.15) is 0 Å². The van der Waals surface area contributed by atoms with Crippen LogP contribution < -0.4 is 14.8 Å². The molecule has 7 heteroatoms. The first-order chi connectivity index (χ1) is 13.1. The molecule has 2 fully saturated rings. The van der Waals surface area contributed by atoms with Crippen molar-refractivity contribution in [2.24, 2.45) is 5.92 Å². The van der Waals surface area contributed by atoms with Gasteiger partial charge in [-0.2, -0.15) is 0 Å². The van der Waals surface area contributed by atoms with E-state index in [1.807, 2.05) is 22.4 Å². The molecule has 142 valence electrons. The van der Waals surface area contributed by atoms with Crippen molar-refractivity contribution in [3.8, 4) is 11.5 Å². The number of nitrogens with zero attached hydrogens (tertiary/aromatic N) is 1. The van der Waals surface area contributed by atoms with Crippen LogP contribution in [0, 0.1) is 5.92 Å². The summed E-state index contributed by atoms with van der Waals surface area (Å²) in [5, 5.41) is 5.01. The van der Waals surface area contributed by atoms with E-state index in [-0.39, 0.29) is 23.9 Å². The number of ether oxygens (including phenoxy) is 2. The summed E-state index contributed by atoms with van der Waals surface area (Å²) in [5.41, 5.74) is 0.573. The van der Waals surface area contributed by atoms with Crippen LogP contribution >= 0.6 is 11.3 Å². The molecule has 3 atom stereocenters. The number of hydrogen-bond donors (Lipinski definition) is 1. The van der Waals surface area contributed by atoms with Gasteiger partial charge in [0.25, 0.3) is 11.8 Å². The zero-order valence-electron chi connectivity index (χ0n) is 15.3. The lowest BCUT2D eigenvalue weighted by Gasteiger charge is -2.33. The number of thiophene rings is 1. The van der Waals surface area contributed by atoms with Crippen LogP contribution in [0.1, 0.15) is 32.9 Å². The molecule has 2 heterocycles. The van der Waals surface area contributed by atoms with Gasteiger partial charge in [0.05, 0.1) is 25.1 Å². The summed E-state index contributed by atoms with van der Waals surface area (Å²) in [6.45, 7) is 0.739. The summed E-state index contributed by atoms with van der Waals surface area (Å²) < 4.78 is 10.6. The first-order valence-corrected chi connectivity index (χ1v) is 9.86. The lowest BCUT2D eigenvalue weighted by molar-refractivity contribution is 0.0648. The molecule has 27 heavy (non-hydrogen) atoms. The summed E-state index contributed by atoms with van der Waals surface area (Å²) in [5.74, 6) is 1.49. The number of amides is 2. The molecule has 1 aliphatic heterocycles. The van der Waals surface area contributed by atoms with Gasteiger partial charge >= 0.3 is 0 Å². The molecule has 3 unspecified atom stereocenters. The van der Waals surface area contributed by atoms with Crippen LogP contribution in [0.5, 0.6) is 11.5 Å². The van der Waals surface area contributed by atoms with Gasteiger partial charge in [0.15, 0.2) is 11.5 Å². The monoisotopic (exact) mass is 386 g/mol. The molecule has 1 saturated heterocycles. The molecule has 1 N–H and O–H groups in total. The average Bonchev–Trinajstić information content (AvgIpc) is 3.43. The van der Waals surface area contributed by atoms with E-state index in [9.17, 15) is 9.59 Å². The fraction of sp³-hybridized carbons (Fsp3) is 0.400. The van der Waals surface area contributed by atoms with Crippen molar-refractivity contribution in [1.82, 2.24) is 10.2 Å². The van der Waals surface area contributed by atoms with Gasteiger partial charge in [-0.1, -0.05) is 6.07 Å². The Balaban J connectivity index is 1.49. The molecule has 2 bridgehead atoms. The standard InChI is InChI=1S/C20H22N2O4S/c1-25-16-6-5-13(10-17(16)26-2)20(24)22-11-12-8-14(15(22)9-12)21-19(23)18-4-3-7-27-18/h3-7,10,12,14-15H,8-9,11H2,1-2H3,(H,21,23). The largest absolute Gasteiger partial charge is 0.493 e. The molecule has 4 rings (SSSR count). The molecule has 2 amide bonds. The zero-order chi connectivity index (χ0) is 19.0. The van der Waals surface area contributed by atoms with Gasteiger partial charge in [-0.3, -0.25) is 9.59 Å². The smallest absolute Gasteiger partial charge is 0.261 e. The van der Waals surface area contributed by atoms with Crippen molar-refractivity contribution in [2.75, 3.05) is 20.8 Å². The number of fused-ring (bicyclic) bond motifs is 2. The van der Waals surface area contributed by atoms with Gasteiger partial charge in [-0.15, -0.1) is 11.3 Å². The summed E-state index contributed by atoms with van der Waals surface area (Å²) in [6, 6.07) is 8.95. The number of hydrogen-bond acceptors (Lipinski definition) is 5. The molecule has 1 aliphatic carbocycles. The molecular formula is C20H22N2O4S. The van der Waals surface area contributed by atoms with E-state index < -0.39 is 0 Å². The highest BCUT2D eigenvalue weighted by Crippen LogP contribution is 2.39. The molecule has 2 aromatic rings. The second-order valence-electron chi connectivity index (χ2n) is 6.99. The normalized spacial score (nSPS) is 23.3. The van der Waals surface area contributed by atoms with Crippen LogP contribution in [0.4, 0.5) is 0 Å². The zero-order valence-corrected chi connectivity index (χ0v) is 16.1. The van der Waals surface area contributed by atoms with E-state index in [0.29, 0.717) is 27.9 Å². The Hall–Kier alpha value is -2.54. The molecule has 1 aromatic heterocycles. The fourth-order valence-corrected chi connectivity index (χ4v) is 4.82. The second-order valence-corrected chi connectivity index (χ2v) is 7.94. The lowest BCUT2D eigenvalue weighted by Crippen LogP contribution is -2.51. The minimum atomic E-state index is -0.0546. The quantitative estimate of drug-likeness (QED) is 0.858. The topological polar surface area (TPSA) is 67.9 Å². The number of methoxy groups -OCH3 is 2. The van der Waals surface area contributed by atoms with Crippen LogP contribution in [-0.4, -0.2) is 49.6 Å². The van der Waals surface area contributed by atoms with E-state index in [2.05, 4.69) is 5.32 Å². The highest BCUT2D eigenvalue weighted by Gasteiger charge is 2.47. The van der Waals surface area contributed by atoms with Crippen molar-refractivity contribution in [3.05, 3.63) is 46.2 Å². The third kappa shape index (κ3) is 3.27. The number of benzene rings is 1. The Kier molecular flexibility index (Phi) is 4.78. The maximum absolute atomic E-state index is 13.1. The van der Waals surface area contributed by atoms with Crippen LogP contribution in [0.25, 0.3) is 0 Å². The molecule has 6 nitrogen and oxygen atoms in total. The summed E-state index contributed by atoms with van der Waals surface area (Å²) in [7, 11) is 3.12. The van der Waals surface area contributed by atoms with E-state index in [1.54, 1.807) is 32.4 Å². The summed E-state index contributed by atoms with van der Waals surface area (Å²) in [6.07, 6.45) is 1.87. The van der Waals surface area contributed by atoms with E-state index in [0.717, 1.165) is 19.4 Å². The Labute approximate surface area is 162 Å². The van der Waals surface area contributed by atoms with Crippen molar-refractivity contribution in [1.29, 1.82) is 0 Å². The summed E-state index contributed by atoms with van der Waals surface area (Å²) >= 11 is 1.43. The van der Waals surface area contributed by atoms with Crippen LogP contribution in [0.3, 0.4) is 0 Å². The number of piperidine rings is 1. The minimum absolute atomic E-state index is 0.00226. The van der Waals surface area contributed by atoms with Crippen molar-refractivity contribution >= 4 is 23.2 Å². The Morgan fingerprint density at radius 2 is 1.96 bits per heavy atom. The van der Waals surface area contributed by atoms with Crippen LogP contribution in [0.2, 0.25) is 0 Å². The Bertz CT molecular complexity index is 852. The predicted octanol–water partition coefficient (Wildman–Crippen LogP) is 2.80. The molecular weight excluding hydrogens is 364 g/mol. The highest BCUT2D eigenvalue weighted by molar-refractivity contribution is 7.12. The van der Waals surface area contributed by atoms with Crippen LogP contribution in [-0.2, 0) is 0 Å². The van der Waals surface area contributed by atoms with E-state index >= 15 is 0 Å². The number of nitrogens with one attached hydrogen (secondary N) is 1. The van der Waals surface area contributed by atoms with Gasteiger partial charge in [-0.05, 0) is 48.4 Å². The number of carbonyl (C=O) groups is 2. The maximum atomic E-state index is 13.1. The Morgan fingerprint density at radius 3 is 2.63 bits per heavy atom. The summed E-state index contributed by atoms with van der Waals surface area (Å²) in [4.78, 5) is 28.1. The number of carbonyl (C=O) groups excluding carboxylic acids is 2. The fourth-order valence-electron chi connectivity index (χ4n) is 4.20. The third-order valence-electron chi connectivity index (χ3n) is 5.43. The minimum Gasteiger partial charge on any atom is -0.493 e. The molecule has 0 radical (unpaired) electrons. The first kappa shape index (κ1) is 17.9. The number of likely N-dealkylation sites (tertiary alicyclic amines) is 1. The molecule has 0 spiro atoms. The SMILES string of the molecule is COc1ccc(C(=O)N2CC3CC(NC(=O)c4cccs4)C2C3)cc1OC. The lowest BCUT2D eigenvalue weighted by atomic mass is 10.0.